The van der Waals surface area contributed by atoms with Crippen LogP contribution in [0.3, 0.4) is 0 Å². The smallest absolute Gasteiger partial charge is 0.187 e. The van der Waals surface area contributed by atoms with Crippen LogP contribution in [0, 0.1) is 5.82 Å². The van der Waals surface area contributed by atoms with Crippen molar-refractivity contribution in [2.24, 2.45) is 0 Å². The average molecular weight is 355 g/mol. The highest BCUT2D eigenvalue weighted by Crippen LogP contribution is 2.28. The monoisotopic (exact) mass is 355 g/mol. The number of piperazine rings is 1. The molecule has 0 saturated carbocycles. The number of fused-ring (bicyclic) bond motifs is 1. The summed E-state index contributed by atoms with van der Waals surface area (Å²) in [6, 6.07) is 5.96. The van der Waals surface area contributed by atoms with Gasteiger partial charge in [-0.1, -0.05) is 26.8 Å². The molecule has 136 valence electrons. The molecule has 1 aliphatic rings. The molecule has 1 aliphatic heterocycles. The second-order valence-corrected chi connectivity index (χ2v) is 7.53. The van der Waals surface area contributed by atoms with Crippen LogP contribution >= 0.6 is 0 Å². The van der Waals surface area contributed by atoms with Crippen molar-refractivity contribution in [1.29, 1.82) is 0 Å². The first-order valence-electron chi connectivity index (χ1n) is 8.75. The van der Waals surface area contributed by atoms with Gasteiger partial charge in [-0.05, 0) is 12.1 Å². The molecule has 0 N–H and O–H groups in total. The Kier molecular flexibility index (Phi) is 3.97. The molecule has 4 rings (SSSR count). The van der Waals surface area contributed by atoms with Gasteiger partial charge in [-0.25, -0.2) is 14.4 Å². The quantitative estimate of drug-likeness (QED) is 0.703. The van der Waals surface area contributed by atoms with Crippen LogP contribution in [-0.4, -0.2) is 50.7 Å². The molecule has 3 aromatic heterocycles. The molecule has 0 unspecified atom stereocenters. The van der Waals surface area contributed by atoms with Crippen LogP contribution in [0.1, 0.15) is 26.5 Å². The molecule has 0 spiro atoms. The predicted molar refractivity (Wildman–Crippen MR) is 98.1 cm³/mol. The summed E-state index contributed by atoms with van der Waals surface area (Å²) < 4.78 is 16.9. The molecule has 0 aromatic carbocycles. The normalized spacial score (nSPS) is 15.7. The standard InChI is InChI=1S/C18H22FN7/c1-18(2,3)16-15(19)17(21-11-20-16)25-9-7-24(8-10-25)14-6-4-5-13-23-22-12-26(13)14/h4-6,11-12H,7-10H2,1-3H3. The van der Waals surface area contributed by atoms with Gasteiger partial charge in [0.25, 0.3) is 0 Å². The lowest BCUT2D eigenvalue weighted by atomic mass is 9.91. The highest BCUT2D eigenvalue weighted by Gasteiger charge is 2.27. The fourth-order valence-electron chi connectivity index (χ4n) is 3.34. The summed E-state index contributed by atoms with van der Waals surface area (Å²) in [6.07, 6.45) is 3.18. The van der Waals surface area contributed by atoms with Gasteiger partial charge < -0.3 is 9.80 Å². The Bertz CT molecular complexity index is 923. The number of anilines is 2. The van der Waals surface area contributed by atoms with Gasteiger partial charge >= 0.3 is 0 Å². The van der Waals surface area contributed by atoms with E-state index in [2.05, 4.69) is 31.1 Å². The summed E-state index contributed by atoms with van der Waals surface area (Å²) in [5, 5.41) is 8.06. The number of nitrogens with zero attached hydrogens (tertiary/aromatic N) is 7. The molecule has 8 heteroatoms. The molecular formula is C18H22FN7. The molecule has 0 bridgehead atoms. The van der Waals surface area contributed by atoms with E-state index in [1.165, 1.54) is 6.33 Å². The molecule has 0 atom stereocenters. The van der Waals surface area contributed by atoms with Crippen molar-refractivity contribution >= 4 is 17.3 Å². The van der Waals surface area contributed by atoms with Crippen LogP contribution in [0.4, 0.5) is 16.0 Å². The second-order valence-electron chi connectivity index (χ2n) is 7.53. The molecule has 0 aliphatic carbocycles. The van der Waals surface area contributed by atoms with Crippen molar-refractivity contribution in [2.45, 2.75) is 26.2 Å². The largest absolute Gasteiger partial charge is 0.354 e. The number of aromatic nitrogens is 5. The third-order valence-corrected chi connectivity index (χ3v) is 4.70. The molecule has 3 aromatic rings. The molecule has 4 heterocycles. The SMILES string of the molecule is CC(C)(C)c1ncnc(N2CCN(c3cccc4nncn34)CC2)c1F. The minimum absolute atomic E-state index is 0.311. The maximum atomic E-state index is 14.9. The fourth-order valence-corrected chi connectivity index (χ4v) is 3.34. The van der Waals surface area contributed by atoms with Crippen molar-refractivity contribution in [3.05, 3.63) is 42.4 Å². The molecular weight excluding hydrogens is 333 g/mol. The van der Waals surface area contributed by atoms with Crippen molar-refractivity contribution in [3.8, 4) is 0 Å². The van der Waals surface area contributed by atoms with Gasteiger partial charge in [0, 0.05) is 31.6 Å². The maximum absolute atomic E-state index is 14.9. The zero-order valence-corrected chi connectivity index (χ0v) is 15.2. The number of pyridine rings is 1. The van der Waals surface area contributed by atoms with Crippen molar-refractivity contribution in [1.82, 2.24) is 24.6 Å². The Hall–Kier alpha value is -2.77. The van der Waals surface area contributed by atoms with E-state index in [-0.39, 0.29) is 11.2 Å². The van der Waals surface area contributed by atoms with Gasteiger partial charge in [0.2, 0.25) is 0 Å². The first-order valence-corrected chi connectivity index (χ1v) is 8.75. The van der Waals surface area contributed by atoms with Gasteiger partial charge in [0.15, 0.2) is 17.3 Å². The van der Waals surface area contributed by atoms with E-state index in [1.807, 2.05) is 42.2 Å². The summed E-state index contributed by atoms with van der Waals surface area (Å²) in [6.45, 7) is 8.79. The summed E-state index contributed by atoms with van der Waals surface area (Å²) in [4.78, 5) is 12.6. The van der Waals surface area contributed by atoms with E-state index >= 15 is 0 Å². The highest BCUT2D eigenvalue weighted by molar-refractivity contribution is 5.52. The van der Waals surface area contributed by atoms with Crippen LogP contribution in [0.15, 0.2) is 30.9 Å². The lowest BCUT2D eigenvalue weighted by molar-refractivity contribution is 0.492. The topological polar surface area (TPSA) is 62.5 Å². The lowest BCUT2D eigenvalue weighted by Crippen LogP contribution is -2.47. The molecule has 1 saturated heterocycles. The van der Waals surface area contributed by atoms with Crippen LogP contribution in [0.25, 0.3) is 5.65 Å². The van der Waals surface area contributed by atoms with Gasteiger partial charge in [0.1, 0.15) is 18.5 Å². The van der Waals surface area contributed by atoms with Crippen LogP contribution in [0.2, 0.25) is 0 Å². The summed E-state index contributed by atoms with van der Waals surface area (Å²) >= 11 is 0. The fraction of sp³-hybridized carbons (Fsp3) is 0.444. The minimum Gasteiger partial charge on any atom is -0.354 e. The van der Waals surface area contributed by atoms with Crippen LogP contribution < -0.4 is 9.80 Å². The summed E-state index contributed by atoms with van der Waals surface area (Å²) in [5.74, 6) is 1.13. The molecule has 0 radical (unpaired) electrons. The Morgan fingerprint density at radius 3 is 2.46 bits per heavy atom. The van der Waals surface area contributed by atoms with E-state index < -0.39 is 0 Å². The predicted octanol–water partition coefficient (Wildman–Crippen LogP) is 2.28. The molecule has 0 amide bonds. The van der Waals surface area contributed by atoms with Crippen molar-refractivity contribution < 1.29 is 4.39 Å². The minimum atomic E-state index is -0.354. The van der Waals surface area contributed by atoms with E-state index in [9.17, 15) is 4.39 Å². The first-order chi connectivity index (χ1) is 12.4. The molecule has 1 fully saturated rings. The zero-order chi connectivity index (χ0) is 18.3. The summed E-state index contributed by atoms with van der Waals surface area (Å²) in [5.41, 5.74) is 0.925. The summed E-state index contributed by atoms with van der Waals surface area (Å²) in [7, 11) is 0. The first kappa shape index (κ1) is 16.7. The lowest BCUT2D eigenvalue weighted by Gasteiger charge is -2.37. The number of halogens is 1. The van der Waals surface area contributed by atoms with E-state index in [1.54, 1.807) is 6.33 Å². The number of hydrogen-bond donors (Lipinski definition) is 0. The Morgan fingerprint density at radius 1 is 1.00 bits per heavy atom. The molecule has 7 nitrogen and oxygen atoms in total. The van der Waals surface area contributed by atoms with Crippen molar-refractivity contribution in [2.75, 3.05) is 36.0 Å². The van der Waals surface area contributed by atoms with Crippen molar-refractivity contribution in [3.63, 3.8) is 0 Å². The van der Waals surface area contributed by atoms with Gasteiger partial charge in [-0.15, -0.1) is 10.2 Å². The maximum Gasteiger partial charge on any atom is 0.187 e. The van der Waals surface area contributed by atoms with E-state index in [0.29, 0.717) is 24.6 Å². The third-order valence-electron chi connectivity index (χ3n) is 4.70. The van der Waals surface area contributed by atoms with Crippen LogP contribution in [0.5, 0.6) is 0 Å². The second kappa shape index (κ2) is 6.19. The van der Waals surface area contributed by atoms with Crippen LogP contribution in [-0.2, 0) is 5.41 Å². The number of rotatable bonds is 2. The average Bonchev–Trinajstić information content (AvgIpc) is 3.10. The zero-order valence-electron chi connectivity index (χ0n) is 15.2. The Morgan fingerprint density at radius 2 is 1.73 bits per heavy atom. The third kappa shape index (κ3) is 2.85. The molecule has 26 heavy (non-hydrogen) atoms. The Labute approximate surface area is 151 Å². The van der Waals surface area contributed by atoms with Gasteiger partial charge in [-0.2, -0.15) is 0 Å². The highest BCUT2D eigenvalue weighted by atomic mass is 19.1. The van der Waals surface area contributed by atoms with E-state index in [0.717, 1.165) is 24.6 Å². The van der Waals surface area contributed by atoms with Gasteiger partial charge in [-0.3, -0.25) is 4.40 Å². The number of hydrogen-bond acceptors (Lipinski definition) is 6. The van der Waals surface area contributed by atoms with E-state index in [4.69, 9.17) is 0 Å². The van der Waals surface area contributed by atoms with Gasteiger partial charge in [0.05, 0.1) is 5.69 Å². The Balaban J connectivity index is 1.55.